The maximum Gasteiger partial charge on any atom is 0.294 e. The number of carbonyl (C=O) groups excluding carboxylic acids is 3. The second kappa shape index (κ2) is 8.02. The van der Waals surface area contributed by atoms with Crippen LogP contribution in [0.1, 0.15) is 5.56 Å². The lowest BCUT2D eigenvalue weighted by atomic mass is 10.1. The minimum atomic E-state index is -0.702. The number of nitro groups is 1. The highest BCUT2D eigenvalue weighted by Crippen LogP contribution is 2.34. The smallest absolute Gasteiger partial charge is 0.294 e. The van der Waals surface area contributed by atoms with Gasteiger partial charge in [-0.05, 0) is 42.1 Å². The molecule has 2 aromatic carbocycles. The summed E-state index contributed by atoms with van der Waals surface area (Å²) in [7, 11) is 0. The summed E-state index contributed by atoms with van der Waals surface area (Å²) in [6.07, 6.45) is 1.29. The average Bonchev–Trinajstić information content (AvgIpc) is 2.92. The molecule has 0 spiro atoms. The third-order valence-electron chi connectivity index (χ3n) is 3.84. The van der Waals surface area contributed by atoms with Crippen LogP contribution in [0.2, 0.25) is 0 Å². The van der Waals surface area contributed by atoms with Crippen molar-refractivity contribution in [1.82, 2.24) is 4.90 Å². The number of non-ortho nitro benzene ring substituents is 1. The molecule has 3 N–H and O–H groups in total. The Labute approximate surface area is 167 Å². The van der Waals surface area contributed by atoms with Crippen LogP contribution in [0.15, 0.2) is 47.4 Å². The Balaban J connectivity index is 1.68. The van der Waals surface area contributed by atoms with Gasteiger partial charge in [0, 0.05) is 29.4 Å². The number of rotatable bonds is 5. The van der Waals surface area contributed by atoms with Crippen LogP contribution in [0.3, 0.4) is 0 Å². The minimum Gasteiger partial charge on any atom is -0.508 e. The lowest BCUT2D eigenvalue weighted by Crippen LogP contribution is -2.36. The van der Waals surface area contributed by atoms with E-state index < -0.39 is 28.5 Å². The van der Waals surface area contributed by atoms with Crippen LogP contribution < -0.4 is 5.32 Å². The van der Waals surface area contributed by atoms with Crippen LogP contribution in [0.5, 0.6) is 11.5 Å². The maximum atomic E-state index is 12.4. The van der Waals surface area contributed by atoms with Gasteiger partial charge in [0.15, 0.2) is 0 Å². The zero-order valence-electron chi connectivity index (χ0n) is 14.6. The van der Waals surface area contributed by atoms with E-state index in [2.05, 4.69) is 5.32 Å². The van der Waals surface area contributed by atoms with Crippen LogP contribution in [-0.4, -0.2) is 43.6 Å². The minimum absolute atomic E-state index is 0.0131. The summed E-state index contributed by atoms with van der Waals surface area (Å²) in [5.41, 5.74) is 0.359. The molecule has 3 rings (SSSR count). The number of nitrogens with one attached hydrogen (secondary N) is 1. The Hall–Kier alpha value is -3.86. The van der Waals surface area contributed by atoms with Crippen LogP contribution >= 0.6 is 11.8 Å². The van der Waals surface area contributed by atoms with Gasteiger partial charge in [0.2, 0.25) is 5.91 Å². The molecule has 1 aliphatic heterocycles. The molecule has 0 bridgehead atoms. The molecule has 10 nitrogen and oxygen atoms in total. The van der Waals surface area contributed by atoms with E-state index >= 15 is 0 Å². The van der Waals surface area contributed by atoms with Crippen molar-refractivity contribution in [1.29, 1.82) is 0 Å². The highest BCUT2D eigenvalue weighted by atomic mass is 32.2. The number of carbonyl (C=O) groups is 3. The lowest BCUT2D eigenvalue weighted by molar-refractivity contribution is -0.384. The van der Waals surface area contributed by atoms with Crippen molar-refractivity contribution in [2.24, 2.45) is 0 Å². The largest absolute Gasteiger partial charge is 0.508 e. The number of hydrogen-bond donors (Lipinski definition) is 3. The number of imide groups is 1. The van der Waals surface area contributed by atoms with E-state index in [1.165, 1.54) is 42.5 Å². The van der Waals surface area contributed by atoms with Crippen LogP contribution in [0, 0.1) is 10.1 Å². The van der Waals surface area contributed by atoms with Crippen molar-refractivity contribution in [2.45, 2.75) is 0 Å². The van der Waals surface area contributed by atoms with Gasteiger partial charge in [0.1, 0.15) is 18.0 Å². The van der Waals surface area contributed by atoms with Gasteiger partial charge in [0.05, 0.1) is 9.83 Å². The van der Waals surface area contributed by atoms with Gasteiger partial charge >= 0.3 is 0 Å². The predicted octanol–water partition coefficient (Wildman–Crippen LogP) is 2.68. The molecule has 0 radical (unpaired) electrons. The van der Waals surface area contributed by atoms with E-state index in [1.807, 2.05) is 0 Å². The second-order valence-corrected chi connectivity index (χ2v) is 6.86. The van der Waals surface area contributed by atoms with Crippen LogP contribution in [-0.2, 0) is 9.59 Å². The van der Waals surface area contributed by atoms with E-state index in [4.69, 9.17) is 0 Å². The van der Waals surface area contributed by atoms with Crippen LogP contribution in [0.4, 0.5) is 16.2 Å². The third kappa shape index (κ3) is 4.52. The number of anilines is 1. The van der Waals surface area contributed by atoms with E-state index in [9.17, 15) is 34.7 Å². The lowest BCUT2D eigenvalue weighted by Gasteiger charge is -2.12. The Morgan fingerprint density at radius 1 is 1.17 bits per heavy atom. The molecule has 1 fully saturated rings. The standard InChI is InChI=1S/C18H13N3O7S/c22-13-6-1-10(14(23)8-13)7-15-17(25)20(18(26)29-15)9-16(24)19-11-2-4-12(5-3-11)21(27)28/h1-8,22-23H,9H2,(H,19,24)/b15-7-. The summed E-state index contributed by atoms with van der Waals surface area (Å²) >= 11 is 0.613. The van der Waals surface area contributed by atoms with Crippen LogP contribution in [0.25, 0.3) is 6.08 Å². The first-order chi connectivity index (χ1) is 13.7. The monoisotopic (exact) mass is 415 g/mol. The SMILES string of the molecule is O=C(CN1C(=O)S/C(=C\c2ccc(O)cc2O)C1=O)Nc1ccc([N+](=O)[O-])cc1. The van der Waals surface area contributed by atoms with Crippen molar-refractivity contribution in [3.05, 3.63) is 63.0 Å². The summed E-state index contributed by atoms with van der Waals surface area (Å²) in [6.45, 7) is -0.541. The van der Waals surface area contributed by atoms with Crippen molar-refractivity contribution in [3.8, 4) is 11.5 Å². The number of phenols is 2. The van der Waals surface area contributed by atoms with Gasteiger partial charge in [-0.15, -0.1) is 0 Å². The van der Waals surface area contributed by atoms with Crippen molar-refractivity contribution < 1.29 is 29.5 Å². The Morgan fingerprint density at radius 2 is 1.86 bits per heavy atom. The van der Waals surface area contributed by atoms with Gasteiger partial charge in [0.25, 0.3) is 16.8 Å². The number of thioether (sulfide) groups is 1. The highest BCUT2D eigenvalue weighted by Gasteiger charge is 2.36. The molecule has 3 amide bonds. The van der Waals surface area contributed by atoms with Crippen molar-refractivity contribution in [2.75, 3.05) is 11.9 Å². The fourth-order valence-electron chi connectivity index (χ4n) is 2.44. The van der Waals surface area contributed by atoms with E-state index in [-0.39, 0.29) is 33.3 Å². The molecular formula is C18H13N3O7S. The number of nitrogens with zero attached hydrogens (tertiary/aromatic N) is 2. The summed E-state index contributed by atoms with van der Waals surface area (Å²) < 4.78 is 0. The van der Waals surface area contributed by atoms with E-state index in [0.717, 1.165) is 11.0 Å². The molecule has 0 saturated carbocycles. The Morgan fingerprint density at radius 3 is 2.48 bits per heavy atom. The van der Waals surface area contributed by atoms with Gasteiger partial charge in [-0.3, -0.25) is 29.4 Å². The fraction of sp³-hybridized carbons (Fsp3) is 0.0556. The fourth-order valence-corrected chi connectivity index (χ4v) is 3.27. The summed E-state index contributed by atoms with van der Waals surface area (Å²) in [4.78, 5) is 47.5. The number of phenolic OH excluding ortho intramolecular Hbond substituents is 2. The first kappa shape index (κ1) is 19.9. The molecule has 2 aromatic rings. The molecule has 11 heteroatoms. The summed E-state index contributed by atoms with van der Waals surface area (Å²) in [5.74, 6) is -1.79. The zero-order chi connectivity index (χ0) is 21.1. The van der Waals surface area contributed by atoms with Crippen molar-refractivity contribution >= 4 is 46.3 Å². The number of nitro benzene ring substituents is 1. The summed E-state index contributed by atoms with van der Waals surface area (Å²) in [6, 6.07) is 8.86. The number of benzene rings is 2. The van der Waals surface area contributed by atoms with E-state index in [0.29, 0.717) is 11.8 Å². The topological polar surface area (TPSA) is 150 Å². The molecule has 0 aliphatic carbocycles. The molecule has 0 aromatic heterocycles. The number of aromatic hydroxyl groups is 2. The van der Waals surface area contributed by atoms with Gasteiger partial charge < -0.3 is 15.5 Å². The first-order valence-corrected chi connectivity index (χ1v) is 8.88. The van der Waals surface area contributed by atoms with Crippen molar-refractivity contribution in [3.63, 3.8) is 0 Å². The maximum absolute atomic E-state index is 12.4. The number of amides is 3. The molecule has 1 aliphatic rings. The molecule has 29 heavy (non-hydrogen) atoms. The predicted molar refractivity (Wildman–Crippen MR) is 104 cm³/mol. The molecule has 0 unspecified atom stereocenters. The first-order valence-electron chi connectivity index (χ1n) is 8.06. The Bertz CT molecular complexity index is 1050. The molecule has 0 atom stereocenters. The number of hydrogen-bond acceptors (Lipinski definition) is 8. The molecule has 148 valence electrons. The zero-order valence-corrected chi connectivity index (χ0v) is 15.4. The Kier molecular flexibility index (Phi) is 5.50. The normalized spacial score (nSPS) is 15.0. The van der Waals surface area contributed by atoms with Gasteiger partial charge in [-0.25, -0.2) is 0 Å². The molecular weight excluding hydrogens is 402 g/mol. The second-order valence-electron chi connectivity index (χ2n) is 5.86. The van der Waals surface area contributed by atoms with Gasteiger partial charge in [-0.1, -0.05) is 0 Å². The third-order valence-corrected chi connectivity index (χ3v) is 4.75. The quantitative estimate of drug-likeness (QED) is 0.383. The summed E-state index contributed by atoms with van der Waals surface area (Å²) in [5, 5.41) is 31.5. The highest BCUT2D eigenvalue weighted by molar-refractivity contribution is 8.18. The molecule has 1 heterocycles. The van der Waals surface area contributed by atoms with Gasteiger partial charge in [-0.2, -0.15) is 0 Å². The average molecular weight is 415 g/mol. The van der Waals surface area contributed by atoms with E-state index in [1.54, 1.807) is 0 Å². The molecule has 1 saturated heterocycles.